The molecule has 2 aromatic carbocycles. The Labute approximate surface area is 177 Å². The van der Waals surface area contributed by atoms with E-state index in [-0.39, 0.29) is 10.9 Å². The molecule has 1 heterocycles. The van der Waals surface area contributed by atoms with Crippen LogP contribution in [-0.4, -0.2) is 37.4 Å². The molecule has 0 saturated heterocycles. The number of methoxy groups -OCH3 is 1. The van der Waals surface area contributed by atoms with Crippen LogP contribution in [0.25, 0.3) is 0 Å². The summed E-state index contributed by atoms with van der Waals surface area (Å²) in [4.78, 5) is 12.1. The summed E-state index contributed by atoms with van der Waals surface area (Å²) < 4.78 is 29.8. The van der Waals surface area contributed by atoms with Gasteiger partial charge in [-0.2, -0.15) is 0 Å². The monoisotopic (exact) mass is 451 g/mol. The normalized spacial score (nSPS) is 11.2. The highest BCUT2D eigenvalue weighted by molar-refractivity contribution is 7.91. The molecule has 7 nitrogen and oxygen atoms in total. The molecule has 10 heteroatoms. The topological polar surface area (TPSA) is 98.2 Å². The van der Waals surface area contributed by atoms with E-state index >= 15 is 0 Å². The number of hydrogen-bond donors (Lipinski definition) is 1. The van der Waals surface area contributed by atoms with Gasteiger partial charge >= 0.3 is 0 Å². The van der Waals surface area contributed by atoms with Gasteiger partial charge in [0.1, 0.15) is 16.5 Å². The van der Waals surface area contributed by atoms with Crippen molar-refractivity contribution in [2.45, 2.75) is 12.2 Å². The van der Waals surface area contributed by atoms with Gasteiger partial charge in [-0.1, -0.05) is 53.3 Å². The fourth-order valence-corrected chi connectivity index (χ4v) is 4.81. The molecular formula is C19H18ClN3O4S2. The van der Waals surface area contributed by atoms with Gasteiger partial charge in [-0.05, 0) is 23.8 Å². The molecule has 29 heavy (non-hydrogen) atoms. The van der Waals surface area contributed by atoms with Gasteiger partial charge in [0.25, 0.3) is 0 Å². The Kier molecular flexibility index (Phi) is 6.83. The summed E-state index contributed by atoms with van der Waals surface area (Å²) in [7, 11) is -2.04. The van der Waals surface area contributed by atoms with Crippen molar-refractivity contribution in [3.05, 3.63) is 69.7 Å². The van der Waals surface area contributed by atoms with Crippen LogP contribution < -0.4 is 10.1 Å². The molecule has 0 saturated carbocycles. The first-order chi connectivity index (χ1) is 13.8. The molecule has 0 aliphatic carbocycles. The molecule has 0 unspecified atom stereocenters. The number of ether oxygens (including phenoxy) is 1. The zero-order valence-corrected chi connectivity index (χ0v) is 17.9. The maximum Gasteiger partial charge on any atom is 0.241 e. The molecule has 3 aromatic rings. The van der Waals surface area contributed by atoms with E-state index in [1.54, 1.807) is 31.4 Å². The van der Waals surface area contributed by atoms with E-state index in [4.69, 9.17) is 16.3 Å². The molecule has 0 aliphatic heterocycles. The van der Waals surface area contributed by atoms with Crippen molar-refractivity contribution in [1.82, 2.24) is 10.2 Å². The highest BCUT2D eigenvalue weighted by Gasteiger charge is 2.19. The van der Waals surface area contributed by atoms with Crippen LogP contribution in [0, 0.1) is 0 Å². The van der Waals surface area contributed by atoms with E-state index < -0.39 is 21.5 Å². The van der Waals surface area contributed by atoms with Crippen molar-refractivity contribution < 1.29 is 17.9 Å². The van der Waals surface area contributed by atoms with E-state index in [1.807, 2.05) is 24.3 Å². The number of para-hydroxylation sites is 1. The summed E-state index contributed by atoms with van der Waals surface area (Å²) in [5.41, 5.74) is 1.51. The zero-order valence-electron chi connectivity index (χ0n) is 15.5. The number of carbonyl (C=O) groups is 1. The molecule has 3 rings (SSSR count). The molecule has 0 radical (unpaired) electrons. The minimum Gasteiger partial charge on any atom is -0.496 e. The minimum atomic E-state index is -3.63. The number of aromatic nitrogens is 2. The number of nitrogens with zero attached hydrogens (tertiary/aromatic N) is 2. The van der Waals surface area contributed by atoms with E-state index in [1.165, 1.54) is 11.3 Å². The average molecular weight is 452 g/mol. The third-order valence-electron chi connectivity index (χ3n) is 3.90. The van der Waals surface area contributed by atoms with Gasteiger partial charge in [0, 0.05) is 17.0 Å². The molecule has 1 amide bonds. The molecule has 0 bridgehead atoms. The number of anilines is 1. The fourth-order valence-electron chi connectivity index (χ4n) is 2.63. The van der Waals surface area contributed by atoms with Crippen molar-refractivity contribution >= 4 is 43.8 Å². The molecule has 1 N–H and O–H groups in total. The molecule has 0 spiro atoms. The number of benzene rings is 2. The largest absolute Gasteiger partial charge is 0.496 e. The van der Waals surface area contributed by atoms with E-state index in [0.717, 1.165) is 11.3 Å². The Hall–Kier alpha value is -2.49. The first-order valence-corrected chi connectivity index (χ1v) is 11.6. The summed E-state index contributed by atoms with van der Waals surface area (Å²) in [5.74, 6) is -0.801. The summed E-state index contributed by atoms with van der Waals surface area (Å²) in [6.45, 7) is 0. The van der Waals surface area contributed by atoms with Gasteiger partial charge in [-0.15, -0.1) is 10.2 Å². The van der Waals surface area contributed by atoms with Crippen LogP contribution in [0.5, 0.6) is 5.75 Å². The van der Waals surface area contributed by atoms with Crippen molar-refractivity contribution in [1.29, 1.82) is 0 Å². The second-order valence-electron chi connectivity index (χ2n) is 6.20. The van der Waals surface area contributed by atoms with Crippen LogP contribution in [0.4, 0.5) is 5.13 Å². The smallest absolute Gasteiger partial charge is 0.241 e. The lowest BCUT2D eigenvalue weighted by Gasteiger charge is -2.05. The number of halogens is 1. The first-order valence-electron chi connectivity index (χ1n) is 8.53. The van der Waals surface area contributed by atoms with Crippen molar-refractivity contribution in [3.8, 4) is 5.75 Å². The molecule has 0 fully saturated rings. The van der Waals surface area contributed by atoms with Crippen LogP contribution >= 0.6 is 22.9 Å². The number of amides is 1. The van der Waals surface area contributed by atoms with Gasteiger partial charge in [0.2, 0.25) is 11.0 Å². The Bertz CT molecular complexity index is 1100. The standard InChI is InChI=1S/C19H18ClN3O4S2/c1-27-16-5-3-2-4-14(16)10-18-22-23-19(28-18)21-17(24)12-29(25,26)11-13-6-8-15(20)9-7-13/h2-9H,10-12H2,1H3,(H,21,23,24). The van der Waals surface area contributed by atoms with Crippen LogP contribution in [-0.2, 0) is 26.8 Å². The third kappa shape index (κ3) is 6.25. The molecule has 1 aromatic heterocycles. The van der Waals surface area contributed by atoms with Crippen molar-refractivity contribution in [3.63, 3.8) is 0 Å². The molecule has 0 aliphatic rings. The summed E-state index contributed by atoms with van der Waals surface area (Å²) in [6, 6.07) is 14.0. The second-order valence-corrected chi connectivity index (χ2v) is 9.76. The Balaban J connectivity index is 1.59. The Morgan fingerprint density at radius 3 is 2.59 bits per heavy atom. The van der Waals surface area contributed by atoms with E-state index in [0.29, 0.717) is 22.0 Å². The third-order valence-corrected chi connectivity index (χ3v) is 6.46. The number of carbonyl (C=O) groups excluding carboxylic acids is 1. The first kappa shape index (κ1) is 21.2. The summed E-state index contributed by atoms with van der Waals surface area (Å²) in [6.07, 6.45) is 0.492. The van der Waals surface area contributed by atoms with Crippen LogP contribution in [0.2, 0.25) is 5.02 Å². The molecule has 0 atom stereocenters. The van der Waals surface area contributed by atoms with Gasteiger partial charge in [-0.3, -0.25) is 10.1 Å². The highest BCUT2D eigenvalue weighted by Crippen LogP contribution is 2.24. The van der Waals surface area contributed by atoms with E-state index in [9.17, 15) is 13.2 Å². The lowest BCUT2D eigenvalue weighted by molar-refractivity contribution is -0.113. The zero-order chi connectivity index (χ0) is 20.9. The maximum absolute atomic E-state index is 12.3. The van der Waals surface area contributed by atoms with Gasteiger partial charge in [-0.25, -0.2) is 8.42 Å². The number of rotatable bonds is 8. The summed E-state index contributed by atoms with van der Waals surface area (Å²) in [5, 5.41) is 11.9. The van der Waals surface area contributed by atoms with Gasteiger partial charge in [0.15, 0.2) is 9.84 Å². The second kappa shape index (κ2) is 9.34. The predicted octanol–water partition coefficient (Wildman–Crippen LogP) is 3.34. The number of nitrogens with one attached hydrogen (secondary N) is 1. The SMILES string of the molecule is COc1ccccc1Cc1nnc(NC(=O)CS(=O)(=O)Cc2ccc(Cl)cc2)s1. The number of sulfone groups is 1. The predicted molar refractivity (Wildman–Crippen MR) is 113 cm³/mol. The lowest BCUT2D eigenvalue weighted by atomic mass is 10.1. The summed E-state index contributed by atoms with van der Waals surface area (Å²) >= 11 is 6.98. The highest BCUT2D eigenvalue weighted by atomic mass is 35.5. The average Bonchev–Trinajstić information content (AvgIpc) is 3.10. The van der Waals surface area contributed by atoms with Crippen molar-refractivity contribution in [2.24, 2.45) is 0 Å². The maximum atomic E-state index is 12.3. The molecule has 152 valence electrons. The Morgan fingerprint density at radius 1 is 1.14 bits per heavy atom. The Morgan fingerprint density at radius 2 is 1.86 bits per heavy atom. The van der Waals surface area contributed by atoms with Gasteiger partial charge < -0.3 is 4.74 Å². The quantitative estimate of drug-likeness (QED) is 0.564. The van der Waals surface area contributed by atoms with Crippen LogP contribution in [0.1, 0.15) is 16.1 Å². The van der Waals surface area contributed by atoms with E-state index in [2.05, 4.69) is 15.5 Å². The fraction of sp³-hybridized carbons (Fsp3) is 0.211. The van der Waals surface area contributed by atoms with Crippen LogP contribution in [0.3, 0.4) is 0 Å². The minimum absolute atomic E-state index is 0.243. The van der Waals surface area contributed by atoms with Gasteiger partial charge in [0.05, 0.1) is 12.9 Å². The van der Waals surface area contributed by atoms with Crippen LogP contribution in [0.15, 0.2) is 48.5 Å². The molecular weight excluding hydrogens is 434 g/mol. The van der Waals surface area contributed by atoms with Crippen molar-refractivity contribution in [2.75, 3.05) is 18.2 Å². The lowest BCUT2D eigenvalue weighted by Crippen LogP contribution is -2.23. The number of hydrogen-bond acceptors (Lipinski definition) is 7.